The monoisotopic (exact) mass is 158 g/mol. The fourth-order valence-corrected chi connectivity index (χ4v) is 1.76. The number of hydrogen-bond donors (Lipinski definition) is 2. The molecule has 0 saturated carbocycles. The van der Waals surface area contributed by atoms with Crippen LogP contribution >= 0.6 is 0 Å². The quantitative estimate of drug-likeness (QED) is 0.506. The predicted octanol–water partition coefficient (Wildman–Crippen LogP) is -1.36. The van der Waals surface area contributed by atoms with E-state index in [2.05, 4.69) is 19.4 Å². The van der Waals surface area contributed by atoms with E-state index in [4.69, 9.17) is 0 Å². The first-order valence-electron chi connectivity index (χ1n) is 4.91. The minimum absolute atomic E-state index is 0.943. The van der Waals surface area contributed by atoms with E-state index in [1.54, 1.807) is 4.90 Å². The Kier molecular flexibility index (Phi) is 3.87. The molecule has 0 spiro atoms. The lowest BCUT2D eigenvalue weighted by Crippen LogP contribution is -3.06. The molecule has 1 fully saturated rings. The van der Waals surface area contributed by atoms with Gasteiger partial charge in [0, 0.05) is 6.42 Å². The second kappa shape index (κ2) is 4.73. The molecular weight excluding hydrogens is 136 g/mol. The molecule has 2 heteroatoms. The van der Waals surface area contributed by atoms with Crippen molar-refractivity contribution in [2.24, 2.45) is 0 Å². The summed E-state index contributed by atoms with van der Waals surface area (Å²) >= 11 is 0. The van der Waals surface area contributed by atoms with Crippen LogP contribution in [0.15, 0.2) is 0 Å². The molecule has 0 aromatic heterocycles. The van der Waals surface area contributed by atoms with Crippen LogP contribution in [0.5, 0.6) is 0 Å². The molecule has 3 N–H and O–H groups in total. The minimum Gasteiger partial charge on any atom is -0.344 e. The van der Waals surface area contributed by atoms with Crippen molar-refractivity contribution in [2.75, 3.05) is 27.2 Å². The first-order chi connectivity index (χ1) is 5.29. The maximum absolute atomic E-state index is 2.53. The van der Waals surface area contributed by atoms with Gasteiger partial charge in [0.15, 0.2) is 0 Å². The number of piperidine rings is 1. The topological polar surface area (TPSA) is 21.1 Å². The van der Waals surface area contributed by atoms with Gasteiger partial charge in [0.25, 0.3) is 0 Å². The van der Waals surface area contributed by atoms with Gasteiger partial charge >= 0.3 is 0 Å². The SMILES string of the molecule is C[NH+](C)CC[C@@H]1CCCC[NH2+]1. The lowest BCUT2D eigenvalue weighted by Gasteiger charge is -2.20. The van der Waals surface area contributed by atoms with Crippen LogP contribution in [0.4, 0.5) is 0 Å². The Balaban J connectivity index is 2.05. The normalized spacial score (nSPS) is 25.9. The lowest BCUT2D eigenvalue weighted by atomic mass is 10.0. The maximum atomic E-state index is 2.53. The number of nitrogens with two attached hydrogens (primary N) is 1. The molecule has 0 bridgehead atoms. The van der Waals surface area contributed by atoms with Crippen molar-refractivity contribution in [2.45, 2.75) is 31.7 Å². The molecule has 1 rings (SSSR count). The van der Waals surface area contributed by atoms with Crippen molar-refractivity contribution in [3.63, 3.8) is 0 Å². The van der Waals surface area contributed by atoms with Gasteiger partial charge in [0.05, 0.1) is 33.2 Å². The third kappa shape index (κ3) is 3.73. The standard InChI is InChI=1S/C9H20N2/c1-11(2)8-6-9-5-3-4-7-10-9/h9-10H,3-8H2,1-2H3/p+2/t9-/m0/s1. The fraction of sp³-hybridized carbons (Fsp3) is 1.00. The third-order valence-electron chi connectivity index (χ3n) is 2.54. The molecule has 11 heavy (non-hydrogen) atoms. The van der Waals surface area contributed by atoms with Crippen molar-refractivity contribution in [1.82, 2.24) is 0 Å². The zero-order valence-corrected chi connectivity index (χ0v) is 7.90. The van der Waals surface area contributed by atoms with E-state index >= 15 is 0 Å². The summed E-state index contributed by atoms with van der Waals surface area (Å²) in [5.41, 5.74) is 0. The highest BCUT2D eigenvalue weighted by Crippen LogP contribution is 2.02. The Hall–Kier alpha value is -0.0800. The Morgan fingerprint density at radius 2 is 2.18 bits per heavy atom. The molecule has 66 valence electrons. The molecule has 1 heterocycles. The zero-order valence-electron chi connectivity index (χ0n) is 7.90. The number of quaternary nitrogens is 2. The molecule has 2 nitrogen and oxygen atoms in total. The molecule has 0 aromatic carbocycles. The molecular formula is C9H22N2+2. The highest BCUT2D eigenvalue weighted by atomic mass is 15.1. The van der Waals surface area contributed by atoms with Gasteiger partial charge in [-0.1, -0.05) is 0 Å². The van der Waals surface area contributed by atoms with Crippen LogP contribution in [-0.2, 0) is 0 Å². The first kappa shape index (κ1) is 9.01. The lowest BCUT2D eigenvalue weighted by molar-refractivity contribution is -0.861. The Morgan fingerprint density at radius 1 is 1.36 bits per heavy atom. The van der Waals surface area contributed by atoms with E-state index in [0.29, 0.717) is 0 Å². The number of hydrogen-bond acceptors (Lipinski definition) is 0. The summed E-state index contributed by atoms with van der Waals surface area (Å²) in [6.45, 7) is 2.70. The molecule has 1 aliphatic rings. The summed E-state index contributed by atoms with van der Waals surface area (Å²) < 4.78 is 0. The molecule has 0 unspecified atom stereocenters. The van der Waals surface area contributed by atoms with Crippen molar-refractivity contribution < 1.29 is 10.2 Å². The minimum atomic E-state index is 0.943. The van der Waals surface area contributed by atoms with E-state index in [0.717, 1.165) is 6.04 Å². The highest BCUT2D eigenvalue weighted by Gasteiger charge is 2.16. The van der Waals surface area contributed by atoms with Crippen molar-refractivity contribution in [3.05, 3.63) is 0 Å². The van der Waals surface area contributed by atoms with Crippen molar-refractivity contribution >= 4 is 0 Å². The van der Waals surface area contributed by atoms with Gasteiger partial charge < -0.3 is 10.2 Å². The largest absolute Gasteiger partial charge is 0.344 e. The van der Waals surface area contributed by atoms with E-state index in [9.17, 15) is 0 Å². The van der Waals surface area contributed by atoms with E-state index in [1.807, 2.05) is 0 Å². The molecule has 0 radical (unpaired) electrons. The summed E-state index contributed by atoms with van der Waals surface area (Å²) in [6, 6.07) is 0.943. The van der Waals surface area contributed by atoms with Crippen LogP contribution in [-0.4, -0.2) is 33.2 Å². The van der Waals surface area contributed by atoms with Gasteiger partial charge in [-0.2, -0.15) is 0 Å². The zero-order chi connectivity index (χ0) is 8.10. The highest BCUT2D eigenvalue weighted by molar-refractivity contribution is 4.57. The Labute approximate surface area is 70.0 Å². The van der Waals surface area contributed by atoms with Crippen LogP contribution in [0.25, 0.3) is 0 Å². The summed E-state index contributed by atoms with van der Waals surface area (Å²) in [6.07, 6.45) is 5.75. The first-order valence-corrected chi connectivity index (χ1v) is 4.91. The van der Waals surface area contributed by atoms with Gasteiger partial charge in [-0.3, -0.25) is 0 Å². The molecule has 0 aromatic rings. The van der Waals surface area contributed by atoms with Crippen LogP contribution in [0.1, 0.15) is 25.7 Å². The average molecular weight is 158 g/mol. The summed E-state index contributed by atoms with van der Waals surface area (Å²) in [7, 11) is 4.48. The van der Waals surface area contributed by atoms with Gasteiger partial charge in [-0.25, -0.2) is 0 Å². The number of nitrogens with one attached hydrogen (secondary N) is 1. The second-order valence-corrected chi connectivity index (χ2v) is 4.03. The molecule has 0 aliphatic carbocycles. The number of rotatable bonds is 3. The Morgan fingerprint density at radius 3 is 2.73 bits per heavy atom. The van der Waals surface area contributed by atoms with Crippen LogP contribution in [0, 0.1) is 0 Å². The van der Waals surface area contributed by atoms with Gasteiger partial charge in [0.1, 0.15) is 0 Å². The molecule has 1 aliphatic heterocycles. The summed E-state index contributed by atoms with van der Waals surface area (Å²) in [5, 5.41) is 2.53. The van der Waals surface area contributed by atoms with Crippen molar-refractivity contribution in [3.8, 4) is 0 Å². The van der Waals surface area contributed by atoms with E-state index < -0.39 is 0 Å². The third-order valence-corrected chi connectivity index (χ3v) is 2.54. The smallest absolute Gasteiger partial charge is 0.0913 e. The van der Waals surface area contributed by atoms with E-state index in [1.165, 1.54) is 38.8 Å². The molecule has 1 saturated heterocycles. The molecule has 0 amide bonds. The molecule has 1 atom stereocenters. The second-order valence-electron chi connectivity index (χ2n) is 4.03. The van der Waals surface area contributed by atoms with Gasteiger partial charge in [-0.05, 0) is 19.3 Å². The fourth-order valence-electron chi connectivity index (χ4n) is 1.76. The van der Waals surface area contributed by atoms with Crippen molar-refractivity contribution in [1.29, 1.82) is 0 Å². The van der Waals surface area contributed by atoms with Crippen LogP contribution in [0.2, 0.25) is 0 Å². The van der Waals surface area contributed by atoms with Gasteiger partial charge in [0.2, 0.25) is 0 Å². The summed E-state index contributed by atoms with van der Waals surface area (Å²) in [5.74, 6) is 0. The average Bonchev–Trinajstić information content (AvgIpc) is 2.03. The Bertz CT molecular complexity index is 95.7. The van der Waals surface area contributed by atoms with E-state index in [-0.39, 0.29) is 0 Å². The summed E-state index contributed by atoms with van der Waals surface area (Å²) in [4.78, 5) is 1.59. The maximum Gasteiger partial charge on any atom is 0.0913 e. The van der Waals surface area contributed by atoms with Gasteiger partial charge in [-0.15, -0.1) is 0 Å². The predicted molar refractivity (Wildman–Crippen MR) is 46.7 cm³/mol. The van der Waals surface area contributed by atoms with Crippen LogP contribution in [0.3, 0.4) is 0 Å². The van der Waals surface area contributed by atoms with Crippen LogP contribution < -0.4 is 10.2 Å².